The lowest BCUT2D eigenvalue weighted by Crippen LogP contribution is -2.24. The van der Waals surface area contributed by atoms with E-state index in [-0.39, 0.29) is 1.43 Å². The lowest BCUT2D eigenvalue weighted by molar-refractivity contribution is 0.586. The Morgan fingerprint density at radius 1 is 1.57 bits per heavy atom. The minimum absolute atomic E-state index is 0. The van der Waals surface area contributed by atoms with E-state index < -0.39 is 15.3 Å². The van der Waals surface area contributed by atoms with Crippen molar-refractivity contribution in [1.29, 1.82) is 0 Å². The van der Waals surface area contributed by atoms with Gasteiger partial charge in [0.15, 0.2) is 0 Å². The number of pyridine rings is 1. The van der Waals surface area contributed by atoms with Crippen LogP contribution >= 0.6 is 0 Å². The second-order valence-corrected chi connectivity index (χ2v) is 5.18. The van der Waals surface area contributed by atoms with E-state index in [1.165, 1.54) is 0 Å². The number of nitrogens with one attached hydrogen (secondary N) is 1. The van der Waals surface area contributed by atoms with Crippen LogP contribution < -0.4 is 4.72 Å². The summed E-state index contributed by atoms with van der Waals surface area (Å²) in [6, 6.07) is 5.10. The Labute approximate surface area is 85.9 Å². The second kappa shape index (κ2) is 4.41. The minimum Gasteiger partial charge on any atom is -0.267 e. The highest BCUT2D eigenvalue weighted by Gasteiger charge is 2.18. The first-order valence-electron chi connectivity index (χ1n) is 4.49. The highest BCUT2D eigenvalue weighted by atomic mass is 32.2. The predicted molar refractivity (Wildman–Crippen MR) is 58.6 cm³/mol. The average molecular weight is 216 g/mol. The smallest absolute Gasteiger partial charge is 0.236 e. The molecule has 1 aromatic rings. The van der Waals surface area contributed by atoms with Crippen LogP contribution in [0.1, 0.15) is 21.7 Å². The van der Waals surface area contributed by atoms with Gasteiger partial charge < -0.3 is 0 Å². The summed E-state index contributed by atoms with van der Waals surface area (Å²) in [5, 5.41) is -0.399. The lowest BCUT2D eigenvalue weighted by Gasteiger charge is -2.11. The fourth-order valence-corrected chi connectivity index (χ4v) is 1.94. The van der Waals surface area contributed by atoms with Crippen LogP contribution in [-0.2, 0) is 10.0 Å². The third kappa shape index (κ3) is 2.70. The zero-order valence-electron chi connectivity index (χ0n) is 8.27. The molecular weight excluding hydrogens is 200 g/mol. The molecule has 0 radical (unpaired) electrons. The van der Waals surface area contributed by atoms with Crippen LogP contribution in [0, 0.1) is 0 Å². The molecule has 0 aliphatic heterocycles. The van der Waals surface area contributed by atoms with Crippen molar-refractivity contribution in [1.82, 2.24) is 4.98 Å². The van der Waals surface area contributed by atoms with Gasteiger partial charge in [0.2, 0.25) is 10.0 Å². The molecule has 1 unspecified atom stereocenters. The zero-order chi connectivity index (χ0) is 10.6. The number of sulfonamides is 1. The van der Waals surface area contributed by atoms with Crippen LogP contribution in [0.3, 0.4) is 0 Å². The maximum Gasteiger partial charge on any atom is 0.236 e. The van der Waals surface area contributed by atoms with Crippen molar-refractivity contribution >= 4 is 15.8 Å². The Hall–Kier alpha value is -1.10. The molecule has 0 bridgehead atoms. The van der Waals surface area contributed by atoms with Crippen LogP contribution in [0.15, 0.2) is 24.4 Å². The number of nitrogens with zero attached hydrogens (tertiary/aromatic N) is 1. The van der Waals surface area contributed by atoms with Gasteiger partial charge in [-0.05, 0) is 25.5 Å². The van der Waals surface area contributed by atoms with Gasteiger partial charge in [0, 0.05) is 7.62 Å². The van der Waals surface area contributed by atoms with E-state index in [2.05, 4.69) is 9.71 Å². The Morgan fingerprint density at radius 3 is 2.79 bits per heavy atom. The topological polar surface area (TPSA) is 59.1 Å². The van der Waals surface area contributed by atoms with Gasteiger partial charge in [0.05, 0.1) is 5.25 Å². The SMILES string of the molecule is CCC(C)S(=O)(=O)Nc1ccccn1.[HH]. The van der Waals surface area contributed by atoms with Gasteiger partial charge in [0.25, 0.3) is 0 Å². The molecule has 0 fully saturated rings. The van der Waals surface area contributed by atoms with Crippen molar-refractivity contribution in [2.75, 3.05) is 4.72 Å². The molecule has 14 heavy (non-hydrogen) atoms. The second-order valence-electron chi connectivity index (χ2n) is 3.08. The van der Waals surface area contributed by atoms with Crippen molar-refractivity contribution in [3.8, 4) is 0 Å². The van der Waals surface area contributed by atoms with Crippen molar-refractivity contribution in [2.24, 2.45) is 0 Å². The summed E-state index contributed by atoms with van der Waals surface area (Å²) < 4.78 is 25.6. The van der Waals surface area contributed by atoms with Crippen LogP contribution in [0.5, 0.6) is 0 Å². The monoisotopic (exact) mass is 216 g/mol. The fourth-order valence-electron chi connectivity index (χ4n) is 0.889. The molecule has 1 atom stereocenters. The summed E-state index contributed by atoms with van der Waals surface area (Å²) in [7, 11) is -3.28. The number of hydrogen-bond acceptors (Lipinski definition) is 3. The first kappa shape index (κ1) is 11.0. The Morgan fingerprint density at radius 2 is 2.29 bits per heavy atom. The van der Waals surface area contributed by atoms with Gasteiger partial charge in [-0.1, -0.05) is 13.0 Å². The largest absolute Gasteiger partial charge is 0.267 e. The van der Waals surface area contributed by atoms with Gasteiger partial charge in [-0.15, -0.1) is 0 Å². The van der Waals surface area contributed by atoms with Crippen LogP contribution in [0.4, 0.5) is 5.82 Å². The van der Waals surface area contributed by atoms with Gasteiger partial charge in [-0.3, -0.25) is 4.72 Å². The van der Waals surface area contributed by atoms with Gasteiger partial charge in [-0.25, -0.2) is 13.4 Å². The Bertz CT molecular complexity index is 380. The van der Waals surface area contributed by atoms with Gasteiger partial charge in [0.1, 0.15) is 5.82 Å². The zero-order valence-corrected chi connectivity index (χ0v) is 9.08. The standard InChI is InChI=1S/C9H14N2O2S.H2/c1-3-8(2)14(12,13)11-9-6-4-5-7-10-9;/h4-8H,3H2,1-2H3,(H,10,11);1H. The van der Waals surface area contributed by atoms with E-state index >= 15 is 0 Å². The van der Waals surface area contributed by atoms with E-state index in [1.807, 2.05) is 6.92 Å². The summed E-state index contributed by atoms with van der Waals surface area (Å²) in [4.78, 5) is 3.89. The van der Waals surface area contributed by atoms with Crippen molar-refractivity contribution in [2.45, 2.75) is 25.5 Å². The molecule has 1 N–H and O–H groups in total. The molecule has 5 heteroatoms. The summed E-state index contributed by atoms with van der Waals surface area (Å²) in [5.41, 5.74) is 0. The summed E-state index contributed by atoms with van der Waals surface area (Å²) in [6.45, 7) is 3.51. The first-order chi connectivity index (χ1) is 6.56. The normalized spacial score (nSPS) is 13.6. The van der Waals surface area contributed by atoms with Crippen molar-refractivity contribution < 1.29 is 9.84 Å². The molecule has 0 aliphatic carbocycles. The molecule has 80 valence electrons. The molecule has 0 saturated heterocycles. The molecule has 0 aromatic carbocycles. The Balaban J connectivity index is 0.00000196. The molecule has 1 rings (SSSR count). The molecule has 0 aliphatic rings. The Kier molecular flexibility index (Phi) is 3.46. The van der Waals surface area contributed by atoms with E-state index in [4.69, 9.17) is 0 Å². The average Bonchev–Trinajstić information content (AvgIpc) is 2.17. The van der Waals surface area contributed by atoms with Crippen LogP contribution in [-0.4, -0.2) is 18.7 Å². The van der Waals surface area contributed by atoms with Crippen molar-refractivity contribution in [3.05, 3.63) is 24.4 Å². The van der Waals surface area contributed by atoms with E-state index in [0.717, 1.165) is 0 Å². The van der Waals surface area contributed by atoms with Gasteiger partial charge >= 0.3 is 0 Å². The molecule has 4 nitrogen and oxygen atoms in total. The predicted octanol–water partition coefficient (Wildman–Crippen LogP) is 1.87. The quantitative estimate of drug-likeness (QED) is 0.835. The maximum absolute atomic E-state index is 11.6. The fraction of sp³-hybridized carbons (Fsp3) is 0.444. The number of rotatable bonds is 4. The molecule has 0 saturated carbocycles. The first-order valence-corrected chi connectivity index (χ1v) is 6.03. The van der Waals surface area contributed by atoms with Gasteiger partial charge in [-0.2, -0.15) is 0 Å². The lowest BCUT2D eigenvalue weighted by atomic mass is 10.4. The third-order valence-electron chi connectivity index (χ3n) is 2.02. The molecule has 0 spiro atoms. The highest BCUT2D eigenvalue weighted by Crippen LogP contribution is 2.09. The van der Waals surface area contributed by atoms with E-state index in [1.54, 1.807) is 31.3 Å². The molecule has 0 amide bonds. The minimum atomic E-state index is -3.28. The summed E-state index contributed by atoms with van der Waals surface area (Å²) in [5.74, 6) is 0.368. The highest BCUT2D eigenvalue weighted by molar-refractivity contribution is 7.93. The maximum atomic E-state index is 11.6. The number of hydrogen-bond donors (Lipinski definition) is 1. The summed E-state index contributed by atoms with van der Waals surface area (Å²) in [6.07, 6.45) is 2.14. The van der Waals surface area contributed by atoms with Crippen molar-refractivity contribution in [3.63, 3.8) is 0 Å². The number of aromatic nitrogens is 1. The van der Waals surface area contributed by atoms with Crippen LogP contribution in [0.25, 0.3) is 0 Å². The molecule has 1 heterocycles. The van der Waals surface area contributed by atoms with Crippen LogP contribution in [0.2, 0.25) is 0 Å². The molecule has 1 aromatic heterocycles. The molecular formula is C9H16N2O2S. The number of anilines is 1. The van der Waals surface area contributed by atoms with E-state index in [0.29, 0.717) is 12.2 Å². The summed E-state index contributed by atoms with van der Waals surface area (Å²) >= 11 is 0. The van der Waals surface area contributed by atoms with E-state index in [9.17, 15) is 8.42 Å². The third-order valence-corrected chi connectivity index (χ3v) is 3.90.